The first-order valence-corrected chi connectivity index (χ1v) is 5.02. The number of rotatable bonds is 3. The van der Waals surface area contributed by atoms with Crippen LogP contribution in [0.25, 0.3) is 0 Å². The summed E-state index contributed by atoms with van der Waals surface area (Å²) in [5.41, 5.74) is 10.3. The van der Waals surface area contributed by atoms with E-state index in [9.17, 15) is 4.79 Å². The summed E-state index contributed by atoms with van der Waals surface area (Å²) in [7, 11) is 0. The summed E-state index contributed by atoms with van der Waals surface area (Å²) >= 11 is 0. The molecule has 0 aromatic heterocycles. The summed E-state index contributed by atoms with van der Waals surface area (Å²) in [6.07, 6.45) is 0. The van der Waals surface area contributed by atoms with Crippen LogP contribution in [0.4, 0.5) is 0 Å². The second kappa shape index (κ2) is 15.5. The average Bonchev–Trinajstić information content (AvgIpc) is 2.30. The Morgan fingerprint density at radius 2 is 1.61 bits per heavy atom. The van der Waals surface area contributed by atoms with Gasteiger partial charge in [-0.3, -0.25) is 0 Å². The van der Waals surface area contributed by atoms with Crippen LogP contribution >= 0.6 is 0 Å². The van der Waals surface area contributed by atoms with Gasteiger partial charge in [-0.2, -0.15) is 0 Å². The summed E-state index contributed by atoms with van der Waals surface area (Å²) in [4.78, 5) is 11.1. The Kier molecular flexibility index (Phi) is 20.2. The molecule has 18 heavy (non-hydrogen) atoms. The van der Waals surface area contributed by atoms with Gasteiger partial charge in [0.25, 0.3) is 0 Å². The van der Waals surface area contributed by atoms with Crippen LogP contribution < -0.4 is 11.5 Å². The molecule has 1 aromatic rings. The molecule has 0 saturated carbocycles. The quantitative estimate of drug-likeness (QED) is 0.494. The molecular formula is C11H20N2Na2O3. The Morgan fingerprint density at radius 1 is 1.17 bits per heavy atom. The number of phenolic OH excluding ortho intramolecular Hbond substituents is 1. The summed E-state index contributed by atoms with van der Waals surface area (Å²) in [5.74, 6) is -0.222. The standard InChI is InChI=1S/C9H10O3.C2H8N2.2Na.2H/c1-2-12-9(11)7-3-5-8(10)6-4-7;3-1-2-4;;;;/h3-6,10H,2H2,1H3;1-4H2;;;;. The van der Waals surface area contributed by atoms with Gasteiger partial charge in [0.15, 0.2) is 0 Å². The van der Waals surface area contributed by atoms with E-state index in [4.69, 9.17) is 21.3 Å². The van der Waals surface area contributed by atoms with Crippen molar-refractivity contribution < 1.29 is 14.6 Å². The van der Waals surface area contributed by atoms with Gasteiger partial charge in [-0.15, -0.1) is 0 Å². The van der Waals surface area contributed by atoms with Crippen molar-refractivity contribution in [1.82, 2.24) is 0 Å². The monoisotopic (exact) mass is 274 g/mol. The Labute approximate surface area is 152 Å². The molecule has 0 atom stereocenters. The van der Waals surface area contributed by atoms with E-state index in [1.165, 1.54) is 24.3 Å². The van der Waals surface area contributed by atoms with Crippen molar-refractivity contribution in [3.63, 3.8) is 0 Å². The number of carbonyl (C=O) groups excluding carboxylic acids is 1. The maximum absolute atomic E-state index is 11.1. The van der Waals surface area contributed by atoms with Crippen molar-refractivity contribution in [1.29, 1.82) is 0 Å². The van der Waals surface area contributed by atoms with Crippen LogP contribution in [0.3, 0.4) is 0 Å². The molecule has 0 aliphatic rings. The molecule has 0 bridgehead atoms. The van der Waals surface area contributed by atoms with Crippen LogP contribution in [0, 0.1) is 0 Å². The Morgan fingerprint density at radius 3 is 1.94 bits per heavy atom. The Balaban J connectivity index is -0.000000332. The molecule has 94 valence electrons. The third-order valence-electron chi connectivity index (χ3n) is 1.55. The SMILES string of the molecule is CCOC(=O)c1ccc(O)cc1.NCCN.[NaH].[NaH]. The second-order valence-electron chi connectivity index (χ2n) is 2.84. The van der Waals surface area contributed by atoms with Crippen LogP contribution in [-0.4, -0.2) is 89.9 Å². The Bertz CT molecular complexity index is 306. The molecule has 0 spiro atoms. The van der Waals surface area contributed by atoms with Gasteiger partial charge in [-0.25, -0.2) is 4.79 Å². The van der Waals surface area contributed by atoms with Gasteiger partial charge in [0.2, 0.25) is 0 Å². The van der Waals surface area contributed by atoms with E-state index in [1.807, 2.05) is 0 Å². The van der Waals surface area contributed by atoms with Crippen LogP contribution in [0.2, 0.25) is 0 Å². The van der Waals surface area contributed by atoms with E-state index in [2.05, 4.69) is 0 Å². The van der Waals surface area contributed by atoms with E-state index in [0.717, 1.165) is 0 Å². The van der Waals surface area contributed by atoms with Crippen molar-refractivity contribution in [3.05, 3.63) is 29.8 Å². The van der Waals surface area contributed by atoms with Crippen LogP contribution in [-0.2, 0) is 4.74 Å². The molecule has 0 radical (unpaired) electrons. The van der Waals surface area contributed by atoms with Crippen molar-refractivity contribution in [2.45, 2.75) is 6.92 Å². The molecule has 0 heterocycles. The number of ether oxygens (including phenoxy) is 1. The summed E-state index contributed by atoms with van der Waals surface area (Å²) in [6, 6.07) is 5.94. The summed E-state index contributed by atoms with van der Waals surface area (Å²) < 4.78 is 4.75. The number of nitrogens with two attached hydrogens (primary N) is 2. The molecule has 0 aliphatic carbocycles. The zero-order valence-electron chi connectivity index (χ0n) is 9.35. The van der Waals surface area contributed by atoms with Crippen molar-refractivity contribution >= 4 is 65.1 Å². The van der Waals surface area contributed by atoms with Crippen LogP contribution in [0.5, 0.6) is 5.75 Å². The fourth-order valence-electron chi connectivity index (χ4n) is 0.812. The first-order chi connectivity index (χ1) is 7.65. The summed E-state index contributed by atoms with van der Waals surface area (Å²) in [5, 5.41) is 8.92. The molecule has 0 saturated heterocycles. The van der Waals surface area contributed by atoms with Gasteiger partial charge in [0, 0.05) is 13.1 Å². The normalized spacial score (nSPS) is 7.94. The van der Waals surface area contributed by atoms with E-state index >= 15 is 0 Å². The van der Waals surface area contributed by atoms with E-state index in [1.54, 1.807) is 6.92 Å². The van der Waals surface area contributed by atoms with Gasteiger partial charge in [0.05, 0.1) is 12.2 Å². The number of hydrogen-bond donors (Lipinski definition) is 3. The Hall–Kier alpha value is 0.410. The fourth-order valence-corrected chi connectivity index (χ4v) is 0.812. The molecule has 5 N–H and O–H groups in total. The van der Waals surface area contributed by atoms with Gasteiger partial charge in [-0.1, -0.05) is 0 Å². The van der Waals surface area contributed by atoms with Crippen molar-refractivity contribution in [2.24, 2.45) is 11.5 Å². The topological polar surface area (TPSA) is 98.6 Å². The third kappa shape index (κ3) is 11.5. The molecule has 1 aromatic carbocycles. The first-order valence-electron chi connectivity index (χ1n) is 5.02. The molecule has 7 heteroatoms. The molecule has 0 amide bonds. The molecule has 5 nitrogen and oxygen atoms in total. The zero-order valence-corrected chi connectivity index (χ0v) is 9.35. The van der Waals surface area contributed by atoms with E-state index in [-0.39, 0.29) is 70.8 Å². The number of esters is 1. The van der Waals surface area contributed by atoms with Crippen molar-refractivity contribution in [3.8, 4) is 5.75 Å². The van der Waals surface area contributed by atoms with Gasteiger partial charge < -0.3 is 21.3 Å². The third-order valence-corrected chi connectivity index (χ3v) is 1.55. The van der Waals surface area contributed by atoms with Crippen molar-refractivity contribution in [2.75, 3.05) is 19.7 Å². The second-order valence-corrected chi connectivity index (χ2v) is 2.84. The summed E-state index contributed by atoms with van der Waals surface area (Å²) in [6.45, 7) is 3.30. The molecule has 1 rings (SSSR count). The number of benzene rings is 1. The van der Waals surface area contributed by atoms with Gasteiger partial charge >= 0.3 is 65.1 Å². The molecule has 0 aliphatic heterocycles. The van der Waals surface area contributed by atoms with E-state index < -0.39 is 0 Å². The first kappa shape index (κ1) is 23.5. The minimum absolute atomic E-state index is 0. The van der Waals surface area contributed by atoms with Crippen LogP contribution in [0.15, 0.2) is 24.3 Å². The van der Waals surface area contributed by atoms with Gasteiger partial charge in [-0.05, 0) is 31.2 Å². The molecule has 0 unspecified atom stereocenters. The number of aromatic hydroxyl groups is 1. The predicted octanol–water partition coefficient (Wildman–Crippen LogP) is -0.824. The van der Waals surface area contributed by atoms with Gasteiger partial charge in [0.1, 0.15) is 5.75 Å². The predicted molar refractivity (Wildman–Crippen MR) is 76.5 cm³/mol. The number of hydrogen-bond acceptors (Lipinski definition) is 5. The number of phenols is 1. The van der Waals surface area contributed by atoms with E-state index in [0.29, 0.717) is 25.3 Å². The average molecular weight is 274 g/mol. The molecule has 0 fully saturated rings. The number of carbonyl (C=O) groups is 1. The maximum atomic E-state index is 11.1. The zero-order chi connectivity index (χ0) is 12.4. The molecular weight excluding hydrogens is 254 g/mol. The fraction of sp³-hybridized carbons (Fsp3) is 0.364. The minimum atomic E-state index is -0.363. The van der Waals surface area contributed by atoms with Crippen LogP contribution in [0.1, 0.15) is 17.3 Å².